The molecule has 0 aromatic heterocycles. The van der Waals surface area contributed by atoms with Crippen LogP contribution in [0.4, 0.5) is 11.4 Å². The minimum absolute atomic E-state index is 0.106. The molecule has 12 nitrogen and oxygen atoms in total. The summed E-state index contributed by atoms with van der Waals surface area (Å²) in [5.74, 6) is 0.459. The van der Waals surface area contributed by atoms with Crippen molar-refractivity contribution < 1.29 is 48.0 Å². The van der Waals surface area contributed by atoms with Crippen LogP contribution >= 0.6 is 0 Å². The number of esters is 3. The van der Waals surface area contributed by atoms with E-state index >= 15 is 0 Å². The Morgan fingerprint density at radius 3 is 1.34 bits per heavy atom. The van der Waals surface area contributed by atoms with Crippen LogP contribution in [-0.2, 0) is 28.7 Å². The van der Waals surface area contributed by atoms with Gasteiger partial charge in [0.15, 0.2) is 0 Å². The number of hydrogen-bond acceptors (Lipinski definition) is 10. The van der Waals surface area contributed by atoms with Crippen molar-refractivity contribution in [3.05, 3.63) is 129 Å². The highest BCUT2D eigenvalue weighted by Gasteiger charge is 2.44. The third kappa shape index (κ3) is 9.29. The highest BCUT2D eigenvalue weighted by atomic mass is 16.6. The molecule has 2 saturated heterocycles. The molecule has 0 spiro atoms. The molecule has 0 aliphatic carbocycles. The van der Waals surface area contributed by atoms with Gasteiger partial charge in [-0.1, -0.05) is 37.4 Å². The first kappa shape index (κ1) is 44.0. The van der Waals surface area contributed by atoms with Crippen molar-refractivity contribution in [2.75, 3.05) is 24.0 Å². The van der Waals surface area contributed by atoms with E-state index in [9.17, 15) is 29.1 Å². The summed E-state index contributed by atoms with van der Waals surface area (Å²) >= 11 is 0. The van der Waals surface area contributed by atoms with Crippen molar-refractivity contribution in [3.63, 3.8) is 0 Å². The molecule has 2 heterocycles. The Bertz CT molecular complexity index is 2330. The maximum absolute atomic E-state index is 12.6. The van der Waals surface area contributed by atoms with Crippen molar-refractivity contribution in [2.24, 2.45) is 0 Å². The topological polar surface area (TPSA) is 149 Å². The molecule has 4 aromatic rings. The lowest BCUT2D eigenvalue weighted by molar-refractivity contribution is -0.156. The smallest absolute Gasteiger partial charge is 0.310 e. The molecule has 0 bridgehead atoms. The number of β-lactam (4-membered cyclic amide) rings is 2. The fourth-order valence-electron chi connectivity index (χ4n) is 6.56. The van der Waals surface area contributed by atoms with E-state index < -0.39 is 11.9 Å². The molecule has 2 aliphatic heterocycles. The molecule has 2 amide bonds. The van der Waals surface area contributed by atoms with Gasteiger partial charge in [-0.25, -0.2) is 0 Å². The summed E-state index contributed by atoms with van der Waals surface area (Å²) in [6.45, 7) is 23.2. The summed E-state index contributed by atoms with van der Waals surface area (Å²) < 4.78 is 20.1. The third-order valence-corrected chi connectivity index (χ3v) is 9.99. The molecular weight excluding hydrogens is 741 g/mol. The number of rotatable bonds is 7. The fraction of sp³-hybridized carbons (Fsp3) is 0.283. The number of phenols is 1. The summed E-state index contributed by atoms with van der Waals surface area (Å²) in [7, 11) is 3.24. The first-order valence-electron chi connectivity index (χ1n) is 18.3. The van der Waals surface area contributed by atoms with Gasteiger partial charge in [0.05, 0.1) is 26.3 Å². The lowest BCUT2D eigenvalue weighted by atomic mass is 9.87. The lowest BCUT2D eigenvalue weighted by Crippen LogP contribution is -2.48. The van der Waals surface area contributed by atoms with E-state index in [4.69, 9.17) is 14.2 Å². The molecule has 0 radical (unpaired) electrons. The average molecular weight is 791 g/mol. The van der Waals surface area contributed by atoms with E-state index in [1.165, 1.54) is 20.8 Å². The summed E-state index contributed by atoms with van der Waals surface area (Å²) in [6, 6.07) is 18.2. The molecule has 12 heteroatoms. The maximum atomic E-state index is 12.6. The van der Waals surface area contributed by atoms with Gasteiger partial charge in [0.2, 0.25) is 0 Å². The second-order valence-corrected chi connectivity index (χ2v) is 14.1. The van der Waals surface area contributed by atoms with Crippen molar-refractivity contribution >= 4 is 41.1 Å². The number of anilines is 2. The number of hydrogen-bond donors (Lipinski definition) is 1. The van der Waals surface area contributed by atoms with Gasteiger partial charge in [-0.05, 0) is 110 Å². The monoisotopic (exact) mass is 790 g/mol. The number of aryl methyl sites for hydroxylation is 4. The minimum Gasteiger partial charge on any atom is -0.508 e. The van der Waals surface area contributed by atoms with Gasteiger partial charge >= 0.3 is 17.9 Å². The molecular formula is C46H50N2O10. The Morgan fingerprint density at radius 1 is 0.569 bits per heavy atom. The second kappa shape index (κ2) is 18.1. The molecule has 2 atom stereocenters. The number of carbonyl (C=O) groups is 5. The number of phenolic OH excluding ortho intramolecular Hbond substituents is 1. The molecule has 4 aromatic carbocycles. The number of carbonyl (C=O) groups excluding carboxylic acids is 5. The highest BCUT2D eigenvalue weighted by Crippen LogP contribution is 2.46. The van der Waals surface area contributed by atoms with Crippen LogP contribution in [0, 0.1) is 41.5 Å². The quantitative estimate of drug-likeness (QED) is 0.0638. The minimum atomic E-state index is -0.562. The van der Waals surface area contributed by atoms with E-state index in [1.807, 2.05) is 90.1 Å². The third-order valence-electron chi connectivity index (χ3n) is 9.99. The van der Waals surface area contributed by atoms with Gasteiger partial charge in [0, 0.05) is 55.4 Å². The highest BCUT2D eigenvalue weighted by molar-refractivity contribution is 6.16. The zero-order valence-corrected chi connectivity index (χ0v) is 34.9. The van der Waals surface area contributed by atoms with Gasteiger partial charge < -0.3 is 24.1 Å². The normalized spacial score (nSPS) is 15.5. The molecule has 2 aliphatic rings. The van der Waals surface area contributed by atoms with E-state index in [2.05, 4.69) is 17.9 Å². The number of aromatic hydroxyl groups is 1. The molecule has 304 valence electrons. The summed E-state index contributed by atoms with van der Waals surface area (Å²) in [5.41, 5.74) is 10.1. The fourth-order valence-corrected chi connectivity index (χ4v) is 6.56. The SMILES string of the molecule is C=C1C(=O)N(c2cc(C)c(C)c(OC)c2)[C@H]1c1ccc(C)c(O)c1.C=C1C(=O)N(c2cc(C)c(C)c(OC)c2)[C@H]1c1ccc(C)c(OC(C)=O)c1.CC(=O)OC(C)=O. The van der Waals surface area contributed by atoms with Crippen molar-refractivity contribution in [1.82, 2.24) is 0 Å². The first-order valence-corrected chi connectivity index (χ1v) is 18.3. The Kier molecular flexibility index (Phi) is 13.7. The standard InChI is InChI=1S/C22H23NO4.C20H21NO3.C4H6O3/c1-12-7-8-17(10-19(12)27-16(5)24)21-15(4)22(25)23(21)18-9-13(2)14(3)20(11-18)26-6;1-11-6-7-15(9-17(11)22)19-14(4)20(23)21(19)16-8-12(2)13(3)18(10-16)24-5;1-3(5)7-4(2)6/h7-11,21H,4H2,1-3,5-6H3;6-10,19,22H,4H2,1-3,5H3;1-2H3/t21-;19-;/m11./s1. The Balaban J connectivity index is 0.000000222. The Hall–Kier alpha value is -6.69. The second-order valence-electron chi connectivity index (χ2n) is 14.1. The first-order chi connectivity index (χ1) is 27.2. The van der Waals surface area contributed by atoms with E-state index in [-0.39, 0.29) is 35.6 Å². The van der Waals surface area contributed by atoms with Crippen molar-refractivity contribution in [3.8, 4) is 23.0 Å². The molecule has 1 N–H and O–H groups in total. The van der Waals surface area contributed by atoms with Crippen LogP contribution < -0.4 is 24.0 Å². The molecule has 6 rings (SSSR count). The number of nitrogens with zero attached hydrogens (tertiary/aromatic N) is 2. The van der Waals surface area contributed by atoms with E-state index in [1.54, 1.807) is 36.2 Å². The Labute approximate surface area is 339 Å². The maximum Gasteiger partial charge on any atom is 0.310 e. The summed E-state index contributed by atoms with van der Waals surface area (Å²) in [4.78, 5) is 59.4. The van der Waals surface area contributed by atoms with Crippen LogP contribution in [0.2, 0.25) is 0 Å². The Morgan fingerprint density at radius 2 is 0.983 bits per heavy atom. The largest absolute Gasteiger partial charge is 0.508 e. The summed E-state index contributed by atoms with van der Waals surface area (Å²) in [6.07, 6.45) is 0. The van der Waals surface area contributed by atoms with Gasteiger partial charge in [0.1, 0.15) is 23.0 Å². The number of amides is 2. The van der Waals surface area contributed by atoms with E-state index in [0.29, 0.717) is 16.9 Å². The summed E-state index contributed by atoms with van der Waals surface area (Å²) in [5, 5.41) is 9.99. The predicted octanol–water partition coefficient (Wildman–Crippen LogP) is 8.26. The van der Waals surface area contributed by atoms with Crippen LogP contribution in [0.5, 0.6) is 23.0 Å². The van der Waals surface area contributed by atoms with Crippen LogP contribution in [0.25, 0.3) is 0 Å². The van der Waals surface area contributed by atoms with Gasteiger partial charge in [-0.2, -0.15) is 0 Å². The van der Waals surface area contributed by atoms with Crippen molar-refractivity contribution in [1.29, 1.82) is 0 Å². The molecule has 58 heavy (non-hydrogen) atoms. The zero-order valence-electron chi connectivity index (χ0n) is 34.9. The van der Waals surface area contributed by atoms with Crippen molar-refractivity contribution in [2.45, 2.75) is 74.4 Å². The number of benzene rings is 4. The molecule has 2 fully saturated rings. The number of ether oxygens (including phenoxy) is 4. The van der Waals surface area contributed by atoms with Crippen LogP contribution in [-0.4, -0.2) is 49.0 Å². The number of methoxy groups -OCH3 is 2. The molecule has 0 saturated carbocycles. The van der Waals surface area contributed by atoms with Gasteiger partial charge in [0.25, 0.3) is 11.8 Å². The predicted molar refractivity (Wildman–Crippen MR) is 221 cm³/mol. The van der Waals surface area contributed by atoms with Crippen LogP contribution in [0.1, 0.15) is 77.4 Å². The van der Waals surface area contributed by atoms with Gasteiger partial charge in [-0.3, -0.25) is 33.8 Å². The zero-order chi connectivity index (χ0) is 43.3. The van der Waals surface area contributed by atoms with E-state index in [0.717, 1.165) is 67.4 Å². The van der Waals surface area contributed by atoms with Gasteiger partial charge in [-0.15, -0.1) is 0 Å². The average Bonchev–Trinajstić information content (AvgIpc) is 3.16. The molecule has 0 unspecified atom stereocenters. The van der Waals surface area contributed by atoms with Crippen LogP contribution in [0.3, 0.4) is 0 Å². The lowest BCUT2D eigenvalue weighted by Gasteiger charge is -2.43. The van der Waals surface area contributed by atoms with Crippen LogP contribution in [0.15, 0.2) is 85.0 Å².